The monoisotopic (exact) mass is 221 g/mol. The van der Waals surface area contributed by atoms with E-state index >= 15 is 0 Å². The molecule has 1 aromatic rings. The van der Waals surface area contributed by atoms with Gasteiger partial charge in [-0.1, -0.05) is 20.4 Å². The van der Waals surface area contributed by atoms with Crippen molar-refractivity contribution in [1.29, 1.82) is 0 Å². The molecule has 0 fully saturated rings. The van der Waals surface area contributed by atoms with Crippen LogP contribution in [0.25, 0.3) is 0 Å². The predicted molar refractivity (Wildman–Crippen MR) is 64.1 cm³/mol. The van der Waals surface area contributed by atoms with E-state index in [-0.39, 0.29) is 11.9 Å². The lowest BCUT2D eigenvalue weighted by atomic mass is 10.1. The SMILES string of the molecule is C=C(C)C(=O)NC(CC)c1occc1CC. The van der Waals surface area contributed by atoms with Gasteiger partial charge < -0.3 is 9.73 Å². The second-order valence-electron chi connectivity index (χ2n) is 3.88. The zero-order valence-electron chi connectivity index (χ0n) is 10.2. The first-order valence-corrected chi connectivity index (χ1v) is 5.62. The van der Waals surface area contributed by atoms with Gasteiger partial charge in [-0.25, -0.2) is 0 Å². The Bertz CT molecular complexity index is 379. The topological polar surface area (TPSA) is 42.2 Å². The summed E-state index contributed by atoms with van der Waals surface area (Å²) in [6, 6.07) is 1.89. The molecule has 1 atom stereocenters. The standard InChI is InChI=1S/C13H19NO2/c1-5-10-7-8-16-12(10)11(6-2)14-13(15)9(3)4/h7-8,11H,3,5-6H2,1-2,4H3,(H,14,15). The molecule has 0 radical (unpaired) electrons. The number of carbonyl (C=O) groups excluding carboxylic acids is 1. The molecule has 3 nitrogen and oxygen atoms in total. The fourth-order valence-electron chi connectivity index (χ4n) is 1.58. The third kappa shape index (κ3) is 2.75. The number of carbonyl (C=O) groups is 1. The second kappa shape index (κ2) is 5.54. The maximum atomic E-state index is 11.6. The minimum Gasteiger partial charge on any atom is -0.467 e. The highest BCUT2D eigenvalue weighted by atomic mass is 16.3. The highest BCUT2D eigenvalue weighted by Crippen LogP contribution is 2.22. The highest BCUT2D eigenvalue weighted by molar-refractivity contribution is 5.92. The number of nitrogens with one attached hydrogen (secondary N) is 1. The Morgan fingerprint density at radius 2 is 2.25 bits per heavy atom. The molecule has 0 saturated heterocycles. The number of hydrogen-bond donors (Lipinski definition) is 1. The van der Waals surface area contributed by atoms with Crippen molar-refractivity contribution in [3.05, 3.63) is 35.8 Å². The number of hydrogen-bond acceptors (Lipinski definition) is 2. The molecule has 16 heavy (non-hydrogen) atoms. The molecular formula is C13H19NO2. The largest absolute Gasteiger partial charge is 0.467 e. The summed E-state index contributed by atoms with van der Waals surface area (Å²) < 4.78 is 5.44. The summed E-state index contributed by atoms with van der Waals surface area (Å²) >= 11 is 0. The summed E-state index contributed by atoms with van der Waals surface area (Å²) in [6.45, 7) is 9.41. The third-order valence-electron chi connectivity index (χ3n) is 2.58. The molecule has 1 N–H and O–H groups in total. The quantitative estimate of drug-likeness (QED) is 0.777. The maximum Gasteiger partial charge on any atom is 0.246 e. The lowest BCUT2D eigenvalue weighted by Crippen LogP contribution is -2.28. The summed E-state index contributed by atoms with van der Waals surface area (Å²) in [5, 5.41) is 2.91. The Balaban J connectivity index is 2.82. The molecular weight excluding hydrogens is 202 g/mol. The van der Waals surface area contributed by atoms with Crippen LogP contribution in [0.1, 0.15) is 44.6 Å². The van der Waals surface area contributed by atoms with Gasteiger partial charge in [0.15, 0.2) is 0 Å². The van der Waals surface area contributed by atoms with Crippen molar-refractivity contribution < 1.29 is 9.21 Å². The molecule has 0 saturated carbocycles. The molecule has 0 aliphatic heterocycles. The van der Waals surface area contributed by atoms with E-state index in [2.05, 4.69) is 18.8 Å². The van der Waals surface area contributed by atoms with Crippen molar-refractivity contribution in [2.45, 2.75) is 39.7 Å². The number of rotatable bonds is 5. The Hall–Kier alpha value is -1.51. The van der Waals surface area contributed by atoms with Gasteiger partial charge in [0.25, 0.3) is 0 Å². The van der Waals surface area contributed by atoms with Crippen molar-refractivity contribution in [2.75, 3.05) is 0 Å². The highest BCUT2D eigenvalue weighted by Gasteiger charge is 2.18. The van der Waals surface area contributed by atoms with E-state index in [1.165, 1.54) is 0 Å². The van der Waals surface area contributed by atoms with Gasteiger partial charge in [0.1, 0.15) is 5.76 Å². The molecule has 1 heterocycles. The zero-order chi connectivity index (χ0) is 12.1. The number of furan rings is 1. The van der Waals surface area contributed by atoms with Crippen molar-refractivity contribution >= 4 is 5.91 Å². The molecule has 0 aromatic carbocycles. The minimum absolute atomic E-state index is 0.0610. The molecule has 0 aliphatic rings. The van der Waals surface area contributed by atoms with E-state index in [0.717, 1.165) is 24.2 Å². The summed E-state index contributed by atoms with van der Waals surface area (Å²) in [5.41, 5.74) is 1.66. The molecule has 88 valence electrons. The molecule has 1 aromatic heterocycles. The molecule has 1 amide bonds. The van der Waals surface area contributed by atoms with E-state index in [0.29, 0.717) is 5.57 Å². The molecule has 0 bridgehead atoms. The predicted octanol–water partition coefficient (Wildman–Crippen LogP) is 2.99. The van der Waals surface area contributed by atoms with Gasteiger partial charge >= 0.3 is 0 Å². The van der Waals surface area contributed by atoms with E-state index < -0.39 is 0 Å². The van der Waals surface area contributed by atoms with E-state index in [4.69, 9.17) is 4.42 Å². The number of amides is 1. The van der Waals surface area contributed by atoms with Crippen molar-refractivity contribution in [1.82, 2.24) is 5.32 Å². The first-order chi connectivity index (χ1) is 7.60. The van der Waals surface area contributed by atoms with Crippen LogP contribution in [0, 0.1) is 0 Å². The van der Waals surface area contributed by atoms with Crippen LogP contribution < -0.4 is 5.32 Å². The Labute approximate surface area is 96.5 Å². The first kappa shape index (κ1) is 12.6. The summed E-state index contributed by atoms with van der Waals surface area (Å²) in [7, 11) is 0. The van der Waals surface area contributed by atoms with Gasteiger partial charge in [0, 0.05) is 5.57 Å². The van der Waals surface area contributed by atoms with Crippen molar-refractivity contribution in [3.8, 4) is 0 Å². The Morgan fingerprint density at radius 1 is 1.56 bits per heavy atom. The lowest BCUT2D eigenvalue weighted by molar-refractivity contribution is -0.118. The van der Waals surface area contributed by atoms with Crippen LogP contribution in [0.15, 0.2) is 28.9 Å². The maximum absolute atomic E-state index is 11.6. The van der Waals surface area contributed by atoms with Crippen LogP contribution in [-0.4, -0.2) is 5.91 Å². The second-order valence-corrected chi connectivity index (χ2v) is 3.88. The molecule has 1 unspecified atom stereocenters. The van der Waals surface area contributed by atoms with Crippen LogP contribution >= 0.6 is 0 Å². The average Bonchev–Trinajstić information content (AvgIpc) is 2.73. The average molecular weight is 221 g/mol. The minimum atomic E-state index is -0.120. The van der Waals surface area contributed by atoms with Gasteiger partial charge in [0.2, 0.25) is 5.91 Å². The summed E-state index contributed by atoms with van der Waals surface area (Å²) in [5.74, 6) is 0.741. The number of aryl methyl sites for hydroxylation is 1. The summed E-state index contributed by atoms with van der Waals surface area (Å²) in [6.07, 6.45) is 3.38. The van der Waals surface area contributed by atoms with E-state index in [1.54, 1.807) is 13.2 Å². The Morgan fingerprint density at radius 3 is 2.75 bits per heavy atom. The van der Waals surface area contributed by atoms with Gasteiger partial charge in [-0.15, -0.1) is 0 Å². The fraction of sp³-hybridized carbons (Fsp3) is 0.462. The molecule has 1 rings (SSSR count). The molecule has 0 spiro atoms. The van der Waals surface area contributed by atoms with Crippen LogP contribution in [0.2, 0.25) is 0 Å². The van der Waals surface area contributed by atoms with Gasteiger partial charge in [-0.3, -0.25) is 4.79 Å². The van der Waals surface area contributed by atoms with Gasteiger partial charge in [0.05, 0.1) is 12.3 Å². The Kier molecular flexibility index (Phi) is 4.35. The van der Waals surface area contributed by atoms with Crippen LogP contribution in [-0.2, 0) is 11.2 Å². The third-order valence-corrected chi connectivity index (χ3v) is 2.58. The summed E-state index contributed by atoms with van der Waals surface area (Å²) in [4.78, 5) is 11.6. The fourth-order valence-corrected chi connectivity index (χ4v) is 1.58. The van der Waals surface area contributed by atoms with E-state index in [9.17, 15) is 4.79 Å². The van der Waals surface area contributed by atoms with Crippen molar-refractivity contribution in [2.24, 2.45) is 0 Å². The van der Waals surface area contributed by atoms with Crippen molar-refractivity contribution in [3.63, 3.8) is 0 Å². The van der Waals surface area contributed by atoms with Gasteiger partial charge in [-0.05, 0) is 31.4 Å². The molecule has 3 heteroatoms. The van der Waals surface area contributed by atoms with Crippen LogP contribution in [0.3, 0.4) is 0 Å². The van der Waals surface area contributed by atoms with Crippen LogP contribution in [0.5, 0.6) is 0 Å². The first-order valence-electron chi connectivity index (χ1n) is 5.62. The zero-order valence-corrected chi connectivity index (χ0v) is 10.2. The van der Waals surface area contributed by atoms with E-state index in [1.807, 2.05) is 13.0 Å². The lowest BCUT2D eigenvalue weighted by Gasteiger charge is -2.16. The van der Waals surface area contributed by atoms with Crippen LogP contribution in [0.4, 0.5) is 0 Å². The van der Waals surface area contributed by atoms with Gasteiger partial charge in [-0.2, -0.15) is 0 Å². The smallest absolute Gasteiger partial charge is 0.246 e. The molecule has 0 aliphatic carbocycles. The normalized spacial score (nSPS) is 12.2.